The fourth-order valence-corrected chi connectivity index (χ4v) is 1.62. The van der Waals surface area contributed by atoms with Crippen LogP contribution in [0, 0.1) is 11.6 Å². The zero-order valence-electron chi connectivity index (χ0n) is 11.4. The maximum Gasteiger partial charge on any atom is 0.223 e. The first kappa shape index (κ1) is 14.4. The average Bonchev–Trinajstić information content (AvgIpc) is 2.42. The number of ether oxygens (including phenoxy) is 1. The van der Waals surface area contributed by atoms with Gasteiger partial charge < -0.3 is 10.1 Å². The Kier molecular flexibility index (Phi) is 4.63. The summed E-state index contributed by atoms with van der Waals surface area (Å²) in [6.45, 7) is 4.57. The Bertz CT molecular complexity index is 588. The Hall–Kier alpha value is -2.01. The second kappa shape index (κ2) is 6.43. The standard InChI is InChI=1S/C15H16F2N2O/c1-10(2)19-9-11-4-3-7-18-15(11)20-14-8-12(16)5-6-13(14)17/h3-8,10,19H,9H2,1-2H3. The van der Waals surface area contributed by atoms with Crippen LogP contribution in [0.3, 0.4) is 0 Å². The summed E-state index contributed by atoms with van der Waals surface area (Å²) in [5.41, 5.74) is 0.782. The summed E-state index contributed by atoms with van der Waals surface area (Å²) in [6, 6.07) is 6.97. The van der Waals surface area contributed by atoms with Crippen LogP contribution in [0.25, 0.3) is 0 Å². The largest absolute Gasteiger partial charge is 0.436 e. The summed E-state index contributed by atoms with van der Waals surface area (Å²) in [5, 5.41) is 3.23. The molecular weight excluding hydrogens is 262 g/mol. The zero-order chi connectivity index (χ0) is 14.5. The first-order valence-electron chi connectivity index (χ1n) is 6.36. The number of benzene rings is 1. The van der Waals surface area contributed by atoms with Gasteiger partial charge in [0.15, 0.2) is 11.6 Å². The van der Waals surface area contributed by atoms with E-state index in [2.05, 4.69) is 10.3 Å². The molecule has 0 aliphatic heterocycles. The molecular formula is C15H16F2N2O. The zero-order valence-corrected chi connectivity index (χ0v) is 11.4. The Morgan fingerprint density at radius 1 is 1.25 bits per heavy atom. The third-order valence-electron chi connectivity index (χ3n) is 2.65. The fraction of sp³-hybridized carbons (Fsp3) is 0.267. The first-order chi connectivity index (χ1) is 9.56. The number of hydrogen-bond donors (Lipinski definition) is 1. The molecule has 2 rings (SSSR count). The fourth-order valence-electron chi connectivity index (χ4n) is 1.62. The highest BCUT2D eigenvalue weighted by Crippen LogP contribution is 2.26. The lowest BCUT2D eigenvalue weighted by Gasteiger charge is -2.12. The number of aromatic nitrogens is 1. The van der Waals surface area contributed by atoms with Gasteiger partial charge in [-0.05, 0) is 18.2 Å². The van der Waals surface area contributed by atoms with Gasteiger partial charge in [0.1, 0.15) is 5.82 Å². The molecule has 0 amide bonds. The van der Waals surface area contributed by atoms with Crippen molar-refractivity contribution >= 4 is 0 Å². The van der Waals surface area contributed by atoms with Gasteiger partial charge in [0.05, 0.1) is 0 Å². The second-order valence-corrected chi connectivity index (χ2v) is 4.68. The maximum atomic E-state index is 13.6. The summed E-state index contributed by atoms with van der Waals surface area (Å²) in [6.07, 6.45) is 1.55. The van der Waals surface area contributed by atoms with Gasteiger partial charge in [-0.1, -0.05) is 19.9 Å². The number of rotatable bonds is 5. The Balaban J connectivity index is 2.22. The smallest absolute Gasteiger partial charge is 0.223 e. The van der Waals surface area contributed by atoms with Gasteiger partial charge in [0, 0.05) is 30.4 Å². The van der Waals surface area contributed by atoms with E-state index in [1.807, 2.05) is 19.9 Å². The van der Waals surface area contributed by atoms with Crippen LogP contribution in [-0.4, -0.2) is 11.0 Å². The van der Waals surface area contributed by atoms with E-state index in [9.17, 15) is 8.78 Å². The van der Waals surface area contributed by atoms with E-state index in [1.54, 1.807) is 12.3 Å². The molecule has 0 unspecified atom stereocenters. The van der Waals surface area contributed by atoms with Crippen molar-refractivity contribution in [3.05, 3.63) is 53.7 Å². The molecule has 1 N–H and O–H groups in total. The molecule has 0 aliphatic carbocycles. The van der Waals surface area contributed by atoms with Crippen molar-refractivity contribution in [2.24, 2.45) is 0 Å². The number of halogens is 2. The van der Waals surface area contributed by atoms with Gasteiger partial charge in [-0.25, -0.2) is 13.8 Å². The monoisotopic (exact) mass is 278 g/mol. The van der Waals surface area contributed by atoms with Crippen LogP contribution in [0.2, 0.25) is 0 Å². The van der Waals surface area contributed by atoms with Gasteiger partial charge in [-0.15, -0.1) is 0 Å². The molecule has 1 aromatic heterocycles. The van der Waals surface area contributed by atoms with E-state index in [0.717, 1.165) is 23.8 Å². The summed E-state index contributed by atoms with van der Waals surface area (Å²) < 4.78 is 32.1. The van der Waals surface area contributed by atoms with Crippen LogP contribution in [0.4, 0.5) is 8.78 Å². The second-order valence-electron chi connectivity index (χ2n) is 4.68. The minimum Gasteiger partial charge on any atom is -0.436 e. The third kappa shape index (κ3) is 3.74. The molecule has 0 bridgehead atoms. The number of nitrogens with zero attached hydrogens (tertiary/aromatic N) is 1. The van der Waals surface area contributed by atoms with E-state index in [4.69, 9.17) is 4.74 Å². The van der Waals surface area contributed by atoms with Crippen molar-refractivity contribution in [2.75, 3.05) is 0 Å². The van der Waals surface area contributed by atoms with Crippen molar-refractivity contribution in [3.8, 4) is 11.6 Å². The number of hydrogen-bond acceptors (Lipinski definition) is 3. The topological polar surface area (TPSA) is 34.2 Å². The third-order valence-corrected chi connectivity index (χ3v) is 2.65. The molecule has 1 heterocycles. The minimum absolute atomic E-state index is 0.172. The van der Waals surface area contributed by atoms with Crippen molar-refractivity contribution in [3.63, 3.8) is 0 Å². The van der Waals surface area contributed by atoms with Gasteiger partial charge in [-0.2, -0.15) is 0 Å². The highest BCUT2D eigenvalue weighted by atomic mass is 19.1. The molecule has 0 atom stereocenters. The first-order valence-corrected chi connectivity index (χ1v) is 6.36. The summed E-state index contributed by atoms with van der Waals surface area (Å²) in [4.78, 5) is 4.07. The van der Waals surface area contributed by atoms with Crippen molar-refractivity contribution in [1.82, 2.24) is 10.3 Å². The normalized spacial score (nSPS) is 10.8. The lowest BCUT2D eigenvalue weighted by atomic mass is 10.2. The van der Waals surface area contributed by atoms with E-state index >= 15 is 0 Å². The molecule has 0 saturated carbocycles. The SMILES string of the molecule is CC(C)NCc1cccnc1Oc1cc(F)ccc1F. The molecule has 1 aromatic carbocycles. The molecule has 0 radical (unpaired) electrons. The molecule has 3 nitrogen and oxygen atoms in total. The van der Waals surface area contributed by atoms with E-state index < -0.39 is 11.6 Å². The molecule has 0 aliphatic rings. The molecule has 0 saturated heterocycles. The number of pyridine rings is 1. The van der Waals surface area contributed by atoms with Crippen molar-refractivity contribution < 1.29 is 13.5 Å². The average molecular weight is 278 g/mol. The van der Waals surface area contributed by atoms with Crippen LogP contribution in [-0.2, 0) is 6.54 Å². The highest BCUT2D eigenvalue weighted by molar-refractivity contribution is 5.33. The van der Waals surface area contributed by atoms with Crippen LogP contribution in [0.1, 0.15) is 19.4 Å². The van der Waals surface area contributed by atoms with Gasteiger partial charge in [-0.3, -0.25) is 0 Å². The maximum absolute atomic E-state index is 13.6. The van der Waals surface area contributed by atoms with Crippen LogP contribution >= 0.6 is 0 Å². The summed E-state index contributed by atoms with van der Waals surface area (Å²) in [5.74, 6) is -1.08. The Morgan fingerprint density at radius 2 is 2.05 bits per heavy atom. The predicted molar refractivity (Wildman–Crippen MR) is 72.6 cm³/mol. The van der Waals surface area contributed by atoms with E-state index in [1.165, 1.54) is 0 Å². The van der Waals surface area contributed by atoms with E-state index in [0.29, 0.717) is 12.6 Å². The summed E-state index contributed by atoms with van der Waals surface area (Å²) >= 11 is 0. The lowest BCUT2D eigenvalue weighted by molar-refractivity contribution is 0.414. The molecule has 0 fully saturated rings. The summed E-state index contributed by atoms with van der Waals surface area (Å²) in [7, 11) is 0. The van der Waals surface area contributed by atoms with Gasteiger partial charge in [0.25, 0.3) is 0 Å². The quantitative estimate of drug-likeness (QED) is 0.906. The Morgan fingerprint density at radius 3 is 2.80 bits per heavy atom. The molecule has 2 aromatic rings. The molecule has 20 heavy (non-hydrogen) atoms. The molecule has 5 heteroatoms. The lowest BCUT2D eigenvalue weighted by Crippen LogP contribution is -2.22. The van der Waals surface area contributed by atoms with Gasteiger partial charge in [0.2, 0.25) is 5.88 Å². The van der Waals surface area contributed by atoms with Gasteiger partial charge >= 0.3 is 0 Å². The van der Waals surface area contributed by atoms with Crippen LogP contribution in [0.15, 0.2) is 36.5 Å². The van der Waals surface area contributed by atoms with E-state index in [-0.39, 0.29) is 11.6 Å². The van der Waals surface area contributed by atoms with Crippen molar-refractivity contribution in [1.29, 1.82) is 0 Å². The molecule has 0 spiro atoms. The number of nitrogens with one attached hydrogen (secondary N) is 1. The minimum atomic E-state index is -0.625. The predicted octanol–water partition coefficient (Wildman–Crippen LogP) is 3.65. The highest BCUT2D eigenvalue weighted by Gasteiger charge is 2.11. The van der Waals surface area contributed by atoms with Crippen molar-refractivity contribution in [2.45, 2.75) is 26.4 Å². The van der Waals surface area contributed by atoms with Crippen LogP contribution < -0.4 is 10.1 Å². The molecule has 106 valence electrons. The Labute approximate surface area is 116 Å². The van der Waals surface area contributed by atoms with Crippen LogP contribution in [0.5, 0.6) is 11.6 Å².